The maximum atomic E-state index is 13.8. The molecule has 2 aliphatic heterocycles. The van der Waals surface area contributed by atoms with Crippen LogP contribution >= 0.6 is 0 Å². The summed E-state index contributed by atoms with van der Waals surface area (Å²) in [6, 6.07) is 3.16. The van der Waals surface area contributed by atoms with Crippen molar-refractivity contribution in [3.63, 3.8) is 0 Å². The first-order valence-corrected chi connectivity index (χ1v) is 9.15. The lowest BCUT2D eigenvalue weighted by atomic mass is 9.94. The zero-order valence-electron chi connectivity index (χ0n) is 15.0. The fourth-order valence-electron chi connectivity index (χ4n) is 4.02. The van der Waals surface area contributed by atoms with Crippen LogP contribution in [0, 0.1) is 23.5 Å². The highest BCUT2D eigenvalue weighted by molar-refractivity contribution is 5.94. The van der Waals surface area contributed by atoms with Crippen LogP contribution in [0.1, 0.15) is 36.5 Å². The minimum atomic E-state index is -0.855. The van der Waals surface area contributed by atoms with Gasteiger partial charge >= 0.3 is 0 Å². The number of hydrogen-bond donors (Lipinski definition) is 1. The smallest absolute Gasteiger partial charge is 0.256 e. The molecule has 2 heterocycles. The fraction of sp³-hybridized carbons (Fsp3) is 0.579. The minimum Gasteiger partial charge on any atom is -0.339 e. The third-order valence-electron chi connectivity index (χ3n) is 5.57. The van der Waals surface area contributed by atoms with E-state index in [0.29, 0.717) is 51.0 Å². The second-order valence-corrected chi connectivity index (χ2v) is 7.37. The summed E-state index contributed by atoms with van der Waals surface area (Å²) < 4.78 is 26.8. The van der Waals surface area contributed by atoms with Crippen LogP contribution < -0.4 is 5.73 Å². The highest BCUT2D eigenvalue weighted by Crippen LogP contribution is 2.28. The summed E-state index contributed by atoms with van der Waals surface area (Å²) in [4.78, 5) is 28.7. The van der Waals surface area contributed by atoms with Gasteiger partial charge in [0.1, 0.15) is 11.6 Å². The van der Waals surface area contributed by atoms with Gasteiger partial charge < -0.3 is 15.5 Å². The average Bonchev–Trinajstić information content (AvgIpc) is 3.01. The molecule has 2 aliphatic rings. The molecule has 2 fully saturated rings. The van der Waals surface area contributed by atoms with Gasteiger partial charge in [-0.1, -0.05) is 0 Å². The molecule has 2 amide bonds. The van der Waals surface area contributed by atoms with Crippen molar-refractivity contribution < 1.29 is 18.4 Å². The number of benzene rings is 1. The second-order valence-electron chi connectivity index (χ2n) is 7.37. The Bertz CT molecular complexity index is 689. The van der Waals surface area contributed by atoms with Crippen LogP contribution in [0.2, 0.25) is 0 Å². The Hall–Kier alpha value is -2.02. The molecular weight excluding hydrogens is 340 g/mol. The van der Waals surface area contributed by atoms with Crippen LogP contribution in [0.5, 0.6) is 0 Å². The first-order valence-electron chi connectivity index (χ1n) is 9.15. The number of carbonyl (C=O) groups is 2. The molecule has 0 radical (unpaired) electrons. The lowest BCUT2D eigenvalue weighted by Gasteiger charge is -2.34. The van der Waals surface area contributed by atoms with E-state index in [-0.39, 0.29) is 23.4 Å². The van der Waals surface area contributed by atoms with Crippen molar-refractivity contribution in [1.29, 1.82) is 0 Å². The van der Waals surface area contributed by atoms with E-state index in [0.717, 1.165) is 12.5 Å². The van der Waals surface area contributed by atoms with Gasteiger partial charge in [0.25, 0.3) is 5.91 Å². The molecule has 142 valence electrons. The molecule has 2 saturated heterocycles. The molecule has 0 saturated carbocycles. The fourth-order valence-corrected chi connectivity index (χ4v) is 4.02. The summed E-state index contributed by atoms with van der Waals surface area (Å²) in [5.41, 5.74) is 5.60. The quantitative estimate of drug-likeness (QED) is 0.891. The number of likely N-dealkylation sites (tertiary alicyclic amines) is 2. The molecule has 3 rings (SSSR count). The lowest BCUT2D eigenvalue weighted by Crippen LogP contribution is -2.45. The van der Waals surface area contributed by atoms with Crippen molar-refractivity contribution in [2.45, 2.75) is 32.2 Å². The largest absolute Gasteiger partial charge is 0.339 e. The first kappa shape index (κ1) is 18.8. The number of hydrogen-bond acceptors (Lipinski definition) is 3. The van der Waals surface area contributed by atoms with E-state index in [9.17, 15) is 18.4 Å². The van der Waals surface area contributed by atoms with Gasteiger partial charge in [-0.25, -0.2) is 8.78 Å². The van der Waals surface area contributed by atoms with Crippen LogP contribution in [0.25, 0.3) is 0 Å². The number of nitrogens with zero attached hydrogens (tertiary/aromatic N) is 2. The van der Waals surface area contributed by atoms with Crippen LogP contribution in [0.4, 0.5) is 8.78 Å². The van der Waals surface area contributed by atoms with Gasteiger partial charge in [0.15, 0.2) is 0 Å². The van der Waals surface area contributed by atoms with Crippen LogP contribution in [0.3, 0.4) is 0 Å². The highest BCUT2D eigenvalue weighted by Gasteiger charge is 2.37. The van der Waals surface area contributed by atoms with Crippen molar-refractivity contribution in [2.75, 3.05) is 26.2 Å². The van der Waals surface area contributed by atoms with Crippen LogP contribution in [0.15, 0.2) is 18.2 Å². The van der Waals surface area contributed by atoms with E-state index in [1.165, 1.54) is 11.0 Å². The maximum absolute atomic E-state index is 13.8. The summed E-state index contributed by atoms with van der Waals surface area (Å²) in [5.74, 6) is -1.64. The normalized spacial score (nSPS) is 24.2. The second kappa shape index (κ2) is 7.70. The van der Waals surface area contributed by atoms with E-state index in [2.05, 4.69) is 0 Å². The lowest BCUT2D eigenvalue weighted by molar-refractivity contribution is -0.137. The predicted octanol–water partition coefficient (Wildman–Crippen LogP) is 2.01. The van der Waals surface area contributed by atoms with Gasteiger partial charge in [0, 0.05) is 37.7 Å². The monoisotopic (exact) mass is 365 g/mol. The Balaban J connectivity index is 1.59. The topological polar surface area (TPSA) is 66.6 Å². The van der Waals surface area contributed by atoms with E-state index in [4.69, 9.17) is 5.73 Å². The molecule has 2 unspecified atom stereocenters. The van der Waals surface area contributed by atoms with E-state index < -0.39 is 17.5 Å². The number of amides is 2. The van der Waals surface area contributed by atoms with Crippen molar-refractivity contribution in [2.24, 2.45) is 17.6 Å². The van der Waals surface area contributed by atoms with Gasteiger partial charge in [-0.3, -0.25) is 9.59 Å². The summed E-state index contributed by atoms with van der Waals surface area (Å²) >= 11 is 0. The minimum absolute atomic E-state index is 0.115. The third-order valence-corrected chi connectivity index (χ3v) is 5.57. The molecule has 0 bridgehead atoms. The molecule has 7 heteroatoms. The molecule has 0 spiro atoms. The SMILES string of the molecule is CC1CC(CN)CN1C(=O)C1CCN(C(=O)c2ccc(F)cc2F)CC1. The number of halogens is 2. The third kappa shape index (κ3) is 3.72. The van der Waals surface area contributed by atoms with Gasteiger partial charge in [0.05, 0.1) is 5.56 Å². The Kier molecular flexibility index (Phi) is 5.55. The highest BCUT2D eigenvalue weighted by atomic mass is 19.1. The summed E-state index contributed by atoms with van der Waals surface area (Å²) in [5, 5.41) is 0. The number of piperidine rings is 1. The van der Waals surface area contributed by atoms with Crippen molar-refractivity contribution >= 4 is 11.8 Å². The summed E-state index contributed by atoms with van der Waals surface area (Å²) in [6.07, 6.45) is 2.05. The zero-order chi connectivity index (χ0) is 18.8. The van der Waals surface area contributed by atoms with Gasteiger partial charge in [0.2, 0.25) is 5.91 Å². The number of carbonyl (C=O) groups excluding carboxylic acids is 2. The molecule has 5 nitrogen and oxygen atoms in total. The van der Waals surface area contributed by atoms with E-state index >= 15 is 0 Å². The first-order chi connectivity index (χ1) is 12.4. The Morgan fingerprint density at radius 3 is 2.50 bits per heavy atom. The van der Waals surface area contributed by atoms with Gasteiger partial charge in [-0.15, -0.1) is 0 Å². The van der Waals surface area contributed by atoms with Crippen LogP contribution in [-0.2, 0) is 4.79 Å². The zero-order valence-corrected chi connectivity index (χ0v) is 15.0. The van der Waals surface area contributed by atoms with Gasteiger partial charge in [-0.05, 0) is 50.8 Å². The Labute approximate surface area is 152 Å². The maximum Gasteiger partial charge on any atom is 0.256 e. The molecule has 0 aromatic heterocycles. The molecule has 0 aliphatic carbocycles. The summed E-state index contributed by atoms with van der Waals surface area (Å²) in [7, 11) is 0. The Morgan fingerprint density at radius 2 is 1.92 bits per heavy atom. The molecule has 2 atom stereocenters. The molecule has 1 aromatic rings. The van der Waals surface area contributed by atoms with Crippen molar-refractivity contribution in [3.05, 3.63) is 35.4 Å². The van der Waals surface area contributed by atoms with E-state index in [1.54, 1.807) is 0 Å². The summed E-state index contributed by atoms with van der Waals surface area (Å²) in [6.45, 7) is 4.13. The van der Waals surface area contributed by atoms with Crippen molar-refractivity contribution in [1.82, 2.24) is 9.80 Å². The molecule has 2 N–H and O–H groups in total. The molecule has 26 heavy (non-hydrogen) atoms. The van der Waals surface area contributed by atoms with E-state index in [1.807, 2.05) is 11.8 Å². The Morgan fingerprint density at radius 1 is 1.23 bits per heavy atom. The number of nitrogens with two attached hydrogens (primary N) is 1. The number of rotatable bonds is 3. The van der Waals surface area contributed by atoms with Gasteiger partial charge in [-0.2, -0.15) is 0 Å². The molecular formula is C19H25F2N3O2. The molecule has 1 aromatic carbocycles. The standard InChI is InChI=1S/C19H25F2N3O2/c1-12-8-13(10-22)11-24(12)18(25)14-4-6-23(7-5-14)19(26)16-3-2-15(20)9-17(16)21/h2-3,9,12-14H,4-8,10-11,22H2,1H3. The van der Waals surface area contributed by atoms with Crippen molar-refractivity contribution in [3.8, 4) is 0 Å². The van der Waals surface area contributed by atoms with Crippen LogP contribution in [-0.4, -0.2) is 53.8 Å². The predicted molar refractivity (Wildman–Crippen MR) is 93.3 cm³/mol. The average molecular weight is 365 g/mol.